The first-order valence-corrected chi connectivity index (χ1v) is 10.4. The van der Waals surface area contributed by atoms with E-state index < -0.39 is 4.33 Å². The zero-order valence-corrected chi connectivity index (χ0v) is 17.1. The predicted molar refractivity (Wildman–Crippen MR) is 109 cm³/mol. The van der Waals surface area contributed by atoms with E-state index in [-0.39, 0.29) is 0 Å². The fourth-order valence-corrected chi connectivity index (χ4v) is 3.53. The van der Waals surface area contributed by atoms with Crippen LogP contribution in [0.3, 0.4) is 0 Å². The third-order valence-corrected chi connectivity index (χ3v) is 5.36. The van der Waals surface area contributed by atoms with E-state index >= 15 is 0 Å². The lowest BCUT2D eigenvalue weighted by Crippen LogP contribution is -2.12. The Bertz CT molecular complexity index is 404. The molecule has 0 aliphatic carbocycles. The minimum atomic E-state index is -0.728. The van der Waals surface area contributed by atoms with Gasteiger partial charge in [-0.2, -0.15) is 0 Å². The van der Waals surface area contributed by atoms with Crippen LogP contribution in [0.15, 0.2) is 30.3 Å². The van der Waals surface area contributed by atoms with Gasteiger partial charge in [0.2, 0.25) is 0 Å². The van der Waals surface area contributed by atoms with Crippen LogP contribution in [0.4, 0.5) is 0 Å². The van der Waals surface area contributed by atoms with Gasteiger partial charge in [-0.05, 0) is 39.0 Å². The van der Waals surface area contributed by atoms with Crippen molar-refractivity contribution in [2.75, 3.05) is 20.6 Å². The van der Waals surface area contributed by atoms with Gasteiger partial charge in [0, 0.05) is 0 Å². The van der Waals surface area contributed by atoms with Crippen molar-refractivity contribution < 1.29 is 0 Å². The summed E-state index contributed by atoms with van der Waals surface area (Å²) in [5, 5.41) is 0. The zero-order valence-electron chi connectivity index (χ0n) is 15.6. The molecule has 0 saturated carbocycles. The Morgan fingerprint density at radius 1 is 0.708 bits per heavy atom. The summed E-state index contributed by atoms with van der Waals surface area (Å²) in [6.07, 6.45) is 14.1. The molecule has 0 fully saturated rings. The predicted octanol–water partition coefficient (Wildman–Crippen LogP) is 7.17. The van der Waals surface area contributed by atoms with Gasteiger partial charge in [0.1, 0.15) is 4.33 Å². The number of hydrogen-bond acceptors (Lipinski definition) is 1. The molecule has 0 unspecified atom stereocenters. The average molecular weight is 372 g/mol. The van der Waals surface area contributed by atoms with E-state index in [1.807, 2.05) is 30.3 Å². The maximum absolute atomic E-state index is 6.47. The third-order valence-electron chi connectivity index (χ3n) is 4.54. The Labute approximate surface area is 159 Å². The number of nitrogens with zero attached hydrogens (tertiary/aromatic N) is 1. The van der Waals surface area contributed by atoms with Gasteiger partial charge in [0.15, 0.2) is 0 Å². The molecular formula is C21H35Cl2N. The molecule has 1 aromatic rings. The van der Waals surface area contributed by atoms with Gasteiger partial charge in [-0.1, -0.05) is 111 Å². The quantitative estimate of drug-likeness (QED) is 0.247. The molecule has 1 rings (SSSR count). The Morgan fingerprint density at radius 3 is 1.67 bits per heavy atom. The zero-order chi connectivity index (χ0) is 17.7. The first-order chi connectivity index (χ1) is 11.5. The lowest BCUT2D eigenvalue weighted by atomic mass is 10.0. The van der Waals surface area contributed by atoms with Crippen LogP contribution < -0.4 is 0 Å². The van der Waals surface area contributed by atoms with Gasteiger partial charge in [0.25, 0.3) is 0 Å². The largest absolute Gasteiger partial charge is 0.309 e. The third kappa shape index (κ3) is 10.6. The number of hydrogen-bond donors (Lipinski definition) is 0. The molecule has 0 bridgehead atoms. The molecular weight excluding hydrogens is 337 g/mol. The van der Waals surface area contributed by atoms with Crippen LogP contribution in [0, 0.1) is 0 Å². The first-order valence-electron chi connectivity index (χ1n) is 9.60. The highest BCUT2D eigenvalue weighted by molar-refractivity contribution is 6.48. The molecule has 138 valence electrons. The van der Waals surface area contributed by atoms with Crippen molar-refractivity contribution in [3.05, 3.63) is 35.9 Å². The maximum Gasteiger partial charge on any atom is 0.143 e. The monoisotopic (exact) mass is 371 g/mol. The summed E-state index contributed by atoms with van der Waals surface area (Å²) in [5.74, 6) is 0. The van der Waals surface area contributed by atoms with E-state index in [1.54, 1.807) is 0 Å². The van der Waals surface area contributed by atoms with Crippen molar-refractivity contribution in [2.45, 2.75) is 75.0 Å². The SMILES string of the molecule is CN(C)CCCCCCCCCCCCC(Cl)(Cl)c1ccccc1. The molecule has 0 amide bonds. The van der Waals surface area contributed by atoms with Crippen molar-refractivity contribution in [3.63, 3.8) is 0 Å². The van der Waals surface area contributed by atoms with E-state index in [1.165, 1.54) is 64.3 Å². The molecule has 0 heterocycles. The second-order valence-corrected chi connectivity index (χ2v) is 8.64. The van der Waals surface area contributed by atoms with Crippen LogP contribution in [0.25, 0.3) is 0 Å². The van der Waals surface area contributed by atoms with E-state index in [4.69, 9.17) is 23.2 Å². The average Bonchev–Trinajstić information content (AvgIpc) is 2.56. The summed E-state index contributed by atoms with van der Waals surface area (Å²) in [5.41, 5.74) is 1.02. The molecule has 0 aliphatic rings. The molecule has 0 saturated heterocycles. The lowest BCUT2D eigenvalue weighted by molar-refractivity contribution is 0.389. The highest BCUT2D eigenvalue weighted by Crippen LogP contribution is 2.38. The number of alkyl halides is 2. The Balaban J connectivity index is 1.92. The minimum absolute atomic E-state index is 0.728. The Kier molecular flexibility index (Phi) is 11.8. The van der Waals surface area contributed by atoms with Gasteiger partial charge < -0.3 is 4.90 Å². The summed E-state index contributed by atoms with van der Waals surface area (Å²) in [7, 11) is 4.30. The lowest BCUT2D eigenvalue weighted by Gasteiger charge is -2.19. The second kappa shape index (κ2) is 13.0. The smallest absolute Gasteiger partial charge is 0.143 e. The van der Waals surface area contributed by atoms with Crippen LogP contribution in [-0.2, 0) is 4.33 Å². The topological polar surface area (TPSA) is 3.24 Å². The number of halogens is 2. The van der Waals surface area contributed by atoms with Crippen LogP contribution in [0.2, 0.25) is 0 Å². The fourth-order valence-electron chi connectivity index (χ4n) is 3.02. The first kappa shape index (κ1) is 21.8. The standard InChI is InChI=1S/C21H35Cl2N/c1-24(2)19-15-10-8-6-4-3-5-7-9-14-18-21(22,23)20-16-12-11-13-17-20/h11-13,16-17H,3-10,14-15,18-19H2,1-2H3. The minimum Gasteiger partial charge on any atom is -0.309 e. The van der Waals surface area contributed by atoms with Crippen LogP contribution in [-0.4, -0.2) is 25.5 Å². The van der Waals surface area contributed by atoms with Gasteiger partial charge in [-0.25, -0.2) is 0 Å². The number of unbranched alkanes of at least 4 members (excludes halogenated alkanes) is 9. The summed E-state index contributed by atoms with van der Waals surface area (Å²) < 4.78 is -0.728. The molecule has 24 heavy (non-hydrogen) atoms. The molecule has 0 aliphatic heterocycles. The fraction of sp³-hybridized carbons (Fsp3) is 0.714. The Hall–Kier alpha value is -0.240. The van der Waals surface area contributed by atoms with Crippen molar-refractivity contribution in [3.8, 4) is 0 Å². The van der Waals surface area contributed by atoms with Gasteiger partial charge in [0.05, 0.1) is 0 Å². The molecule has 0 aromatic heterocycles. The highest BCUT2D eigenvalue weighted by Gasteiger charge is 2.25. The van der Waals surface area contributed by atoms with Gasteiger partial charge in [-0.3, -0.25) is 0 Å². The Morgan fingerprint density at radius 2 is 1.17 bits per heavy atom. The molecule has 1 nitrogen and oxygen atoms in total. The van der Waals surface area contributed by atoms with Gasteiger partial charge in [-0.15, -0.1) is 0 Å². The van der Waals surface area contributed by atoms with Crippen LogP contribution in [0.5, 0.6) is 0 Å². The summed E-state index contributed by atoms with van der Waals surface area (Å²) in [6, 6.07) is 10.0. The molecule has 1 aromatic carbocycles. The molecule has 3 heteroatoms. The molecule has 0 atom stereocenters. The van der Waals surface area contributed by atoms with Crippen molar-refractivity contribution in [2.24, 2.45) is 0 Å². The van der Waals surface area contributed by atoms with E-state index in [2.05, 4.69) is 19.0 Å². The van der Waals surface area contributed by atoms with Crippen molar-refractivity contribution in [1.29, 1.82) is 0 Å². The summed E-state index contributed by atoms with van der Waals surface area (Å²) in [6.45, 7) is 1.23. The summed E-state index contributed by atoms with van der Waals surface area (Å²) in [4.78, 5) is 2.27. The van der Waals surface area contributed by atoms with E-state index in [9.17, 15) is 0 Å². The van der Waals surface area contributed by atoms with Crippen LogP contribution >= 0.6 is 23.2 Å². The second-order valence-electron chi connectivity index (χ2n) is 7.16. The number of benzene rings is 1. The van der Waals surface area contributed by atoms with Crippen molar-refractivity contribution in [1.82, 2.24) is 4.90 Å². The highest BCUT2D eigenvalue weighted by atomic mass is 35.5. The normalized spacial score (nSPS) is 12.0. The van der Waals surface area contributed by atoms with Gasteiger partial charge >= 0.3 is 0 Å². The van der Waals surface area contributed by atoms with E-state index in [0.29, 0.717) is 0 Å². The maximum atomic E-state index is 6.47. The molecule has 0 radical (unpaired) electrons. The summed E-state index contributed by atoms with van der Waals surface area (Å²) >= 11 is 12.9. The van der Waals surface area contributed by atoms with Crippen LogP contribution in [0.1, 0.15) is 76.2 Å². The van der Waals surface area contributed by atoms with Crippen molar-refractivity contribution >= 4 is 23.2 Å². The molecule has 0 N–H and O–H groups in total. The number of rotatable bonds is 14. The molecule has 0 spiro atoms. The van der Waals surface area contributed by atoms with E-state index in [0.717, 1.165) is 18.4 Å².